The van der Waals surface area contributed by atoms with Crippen molar-refractivity contribution in [2.24, 2.45) is 0 Å². The van der Waals surface area contributed by atoms with E-state index in [4.69, 9.17) is 10.2 Å². The molecule has 0 saturated carbocycles. The molecule has 0 bridgehead atoms. The lowest BCUT2D eigenvalue weighted by Gasteiger charge is -2.20. The number of alkyl halides is 4. The monoisotopic (exact) mass is 234 g/mol. The first-order valence-corrected chi connectivity index (χ1v) is 3.79. The van der Waals surface area contributed by atoms with Crippen LogP contribution in [0.2, 0.25) is 0 Å². The topological polar surface area (TPSA) is 66.8 Å². The maximum atomic E-state index is 12.2. The highest BCUT2D eigenvalue weighted by Crippen LogP contribution is 2.23. The fourth-order valence-corrected chi connectivity index (χ4v) is 0.511. The third kappa shape index (κ3) is 4.43. The van der Waals surface area contributed by atoms with E-state index in [1.165, 1.54) is 0 Å². The standard InChI is InChI=1S/C7H10F4O4/c1-6(14,5(12)13)2-15-3-7(10,11)4(8)9/h4,14H,2-3H2,1H3,(H,12,13). The smallest absolute Gasteiger partial charge is 0.337 e. The van der Waals surface area contributed by atoms with Gasteiger partial charge in [-0.25, -0.2) is 13.6 Å². The van der Waals surface area contributed by atoms with Gasteiger partial charge in [0.15, 0.2) is 5.60 Å². The van der Waals surface area contributed by atoms with E-state index in [0.717, 1.165) is 6.92 Å². The lowest BCUT2D eigenvalue weighted by Crippen LogP contribution is -2.42. The maximum Gasteiger partial charge on any atom is 0.337 e. The molecule has 4 nitrogen and oxygen atoms in total. The Hall–Kier alpha value is -0.890. The van der Waals surface area contributed by atoms with E-state index >= 15 is 0 Å². The number of carboxylic acid groups (broad SMARTS) is 1. The van der Waals surface area contributed by atoms with Gasteiger partial charge in [-0.1, -0.05) is 0 Å². The minimum atomic E-state index is -4.35. The molecule has 0 aromatic heterocycles. The zero-order valence-corrected chi connectivity index (χ0v) is 7.71. The summed E-state index contributed by atoms with van der Waals surface area (Å²) in [4.78, 5) is 10.2. The normalized spacial score (nSPS) is 16.5. The molecule has 0 heterocycles. The van der Waals surface area contributed by atoms with Gasteiger partial charge in [-0.2, -0.15) is 8.78 Å². The second-order valence-electron chi connectivity index (χ2n) is 3.13. The van der Waals surface area contributed by atoms with Gasteiger partial charge < -0.3 is 14.9 Å². The molecule has 2 N–H and O–H groups in total. The number of aliphatic carboxylic acids is 1. The average molecular weight is 234 g/mol. The summed E-state index contributed by atoms with van der Waals surface area (Å²) < 4.78 is 51.6. The highest BCUT2D eigenvalue weighted by atomic mass is 19.3. The predicted molar refractivity (Wildman–Crippen MR) is 40.0 cm³/mol. The van der Waals surface area contributed by atoms with Crippen LogP contribution in [0, 0.1) is 0 Å². The molecule has 0 radical (unpaired) electrons. The van der Waals surface area contributed by atoms with Crippen LogP contribution in [0.1, 0.15) is 6.92 Å². The van der Waals surface area contributed by atoms with Crippen molar-refractivity contribution in [2.45, 2.75) is 24.9 Å². The summed E-state index contributed by atoms with van der Waals surface area (Å²) in [6.45, 7) is -1.84. The Morgan fingerprint density at radius 1 is 1.40 bits per heavy atom. The number of hydrogen-bond donors (Lipinski definition) is 2. The van der Waals surface area contributed by atoms with Gasteiger partial charge in [-0.05, 0) is 6.92 Å². The number of hydrogen-bond acceptors (Lipinski definition) is 3. The summed E-state index contributed by atoms with van der Waals surface area (Å²) in [5.74, 6) is -6.04. The van der Waals surface area contributed by atoms with Crippen molar-refractivity contribution in [3.8, 4) is 0 Å². The molecule has 0 aliphatic heterocycles. The minimum Gasteiger partial charge on any atom is -0.479 e. The number of rotatable bonds is 6. The quantitative estimate of drug-likeness (QED) is 0.665. The zero-order chi connectivity index (χ0) is 12.3. The third-order valence-electron chi connectivity index (χ3n) is 1.46. The summed E-state index contributed by atoms with van der Waals surface area (Å²) in [7, 11) is 0. The molecular formula is C7H10F4O4. The van der Waals surface area contributed by atoms with Crippen LogP contribution in [-0.2, 0) is 9.53 Å². The molecule has 1 unspecified atom stereocenters. The van der Waals surface area contributed by atoms with E-state index in [-0.39, 0.29) is 0 Å². The van der Waals surface area contributed by atoms with Crippen molar-refractivity contribution in [3.05, 3.63) is 0 Å². The molecular weight excluding hydrogens is 224 g/mol. The summed E-state index contributed by atoms with van der Waals surface area (Å²) in [6.07, 6.45) is -3.90. The minimum absolute atomic E-state index is 0.801. The van der Waals surface area contributed by atoms with Crippen LogP contribution in [0.3, 0.4) is 0 Å². The lowest BCUT2D eigenvalue weighted by molar-refractivity contribution is -0.185. The van der Waals surface area contributed by atoms with Crippen LogP contribution in [-0.4, -0.2) is 47.3 Å². The fraction of sp³-hybridized carbons (Fsp3) is 0.857. The van der Waals surface area contributed by atoms with E-state index in [9.17, 15) is 22.4 Å². The zero-order valence-electron chi connectivity index (χ0n) is 7.71. The van der Waals surface area contributed by atoms with Crippen molar-refractivity contribution >= 4 is 5.97 Å². The summed E-state index contributed by atoms with van der Waals surface area (Å²) in [5, 5.41) is 17.3. The number of aliphatic hydroxyl groups is 1. The molecule has 0 spiro atoms. The molecule has 90 valence electrons. The Balaban J connectivity index is 4.05. The highest BCUT2D eigenvalue weighted by Gasteiger charge is 2.42. The lowest BCUT2D eigenvalue weighted by atomic mass is 10.1. The fourth-order valence-electron chi connectivity index (χ4n) is 0.511. The highest BCUT2D eigenvalue weighted by molar-refractivity contribution is 5.76. The van der Waals surface area contributed by atoms with Gasteiger partial charge in [-0.3, -0.25) is 0 Å². The van der Waals surface area contributed by atoms with E-state index < -0.39 is 37.1 Å². The van der Waals surface area contributed by atoms with Gasteiger partial charge in [0.05, 0.1) is 6.61 Å². The maximum absolute atomic E-state index is 12.2. The van der Waals surface area contributed by atoms with Crippen LogP contribution in [0.4, 0.5) is 17.6 Å². The van der Waals surface area contributed by atoms with E-state index in [2.05, 4.69) is 4.74 Å². The SMILES string of the molecule is CC(O)(COCC(F)(F)C(F)F)C(=O)O. The van der Waals surface area contributed by atoms with Gasteiger partial charge in [-0.15, -0.1) is 0 Å². The van der Waals surface area contributed by atoms with Gasteiger partial charge in [0.25, 0.3) is 0 Å². The van der Waals surface area contributed by atoms with Gasteiger partial charge in [0, 0.05) is 0 Å². The van der Waals surface area contributed by atoms with Crippen LogP contribution < -0.4 is 0 Å². The molecule has 1 atom stereocenters. The Bertz CT molecular complexity index is 229. The molecule has 0 fully saturated rings. The third-order valence-corrected chi connectivity index (χ3v) is 1.46. The van der Waals surface area contributed by atoms with E-state index in [1.54, 1.807) is 0 Å². The second kappa shape index (κ2) is 4.75. The summed E-state index contributed by atoms with van der Waals surface area (Å²) in [6, 6.07) is 0. The average Bonchev–Trinajstić information content (AvgIpc) is 2.02. The molecule has 0 aliphatic carbocycles. The van der Waals surface area contributed by atoms with E-state index in [1.807, 2.05) is 0 Å². The van der Waals surface area contributed by atoms with Crippen LogP contribution in [0.5, 0.6) is 0 Å². The predicted octanol–water partition coefficient (Wildman–Crippen LogP) is 0.739. The van der Waals surface area contributed by atoms with Crippen molar-refractivity contribution in [3.63, 3.8) is 0 Å². The van der Waals surface area contributed by atoms with Gasteiger partial charge >= 0.3 is 18.3 Å². The molecule has 0 aromatic rings. The molecule has 0 aliphatic rings. The largest absolute Gasteiger partial charge is 0.479 e. The summed E-state index contributed by atoms with van der Waals surface area (Å²) >= 11 is 0. The van der Waals surface area contributed by atoms with Crippen LogP contribution >= 0.6 is 0 Å². The molecule has 0 amide bonds. The Morgan fingerprint density at radius 3 is 2.20 bits per heavy atom. The molecule has 8 heteroatoms. The van der Waals surface area contributed by atoms with Crippen molar-refractivity contribution in [1.82, 2.24) is 0 Å². The van der Waals surface area contributed by atoms with E-state index in [0.29, 0.717) is 0 Å². The Kier molecular flexibility index (Phi) is 4.47. The number of halogens is 4. The number of carboxylic acids is 1. The van der Waals surface area contributed by atoms with Crippen molar-refractivity contribution in [2.75, 3.05) is 13.2 Å². The molecule has 15 heavy (non-hydrogen) atoms. The number of carbonyl (C=O) groups is 1. The van der Waals surface area contributed by atoms with Crippen LogP contribution in [0.25, 0.3) is 0 Å². The summed E-state index contributed by atoms with van der Waals surface area (Å²) in [5.41, 5.74) is -2.38. The molecule has 0 saturated heterocycles. The van der Waals surface area contributed by atoms with Gasteiger partial charge in [0.2, 0.25) is 0 Å². The van der Waals surface area contributed by atoms with Crippen LogP contribution in [0.15, 0.2) is 0 Å². The first kappa shape index (κ1) is 14.1. The van der Waals surface area contributed by atoms with Crippen molar-refractivity contribution < 1.29 is 37.3 Å². The first-order valence-electron chi connectivity index (χ1n) is 3.79. The number of ether oxygens (including phenoxy) is 1. The second-order valence-corrected chi connectivity index (χ2v) is 3.13. The first-order chi connectivity index (χ1) is 6.59. The Morgan fingerprint density at radius 2 is 1.87 bits per heavy atom. The Labute approximate surface area is 82.5 Å². The van der Waals surface area contributed by atoms with Gasteiger partial charge in [0.1, 0.15) is 6.61 Å². The molecule has 0 aromatic carbocycles. The van der Waals surface area contributed by atoms with Crippen molar-refractivity contribution in [1.29, 1.82) is 0 Å². The molecule has 0 rings (SSSR count).